The topological polar surface area (TPSA) is 31.4 Å². The Hall–Kier alpha value is -2.11. The van der Waals surface area contributed by atoms with E-state index in [-0.39, 0.29) is 17.6 Å². The minimum atomic E-state index is -0.0524. The summed E-state index contributed by atoms with van der Waals surface area (Å²) in [6.45, 7) is 9.67. The van der Waals surface area contributed by atoms with Crippen LogP contribution < -0.4 is 10.2 Å². The number of likely N-dealkylation sites (N-methyl/N-ethyl adjacent to an activating group) is 1. The van der Waals surface area contributed by atoms with Gasteiger partial charge >= 0.3 is 0 Å². The van der Waals surface area contributed by atoms with Crippen LogP contribution in [0.2, 0.25) is 5.02 Å². The highest BCUT2D eigenvalue weighted by Crippen LogP contribution is 2.46. The molecule has 2 aromatic rings. The number of thiocarbonyl (C=S) groups is 1. The molecule has 2 atom stereocenters. The lowest BCUT2D eigenvalue weighted by molar-refractivity contribution is 0.318. The Balaban J connectivity index is 1.86. The molecule has 0 radical (unpaired) electrons. The minimum absolute atomic E-state index is 0.00167. The number of halogens is 1. The van der Waals surface area contributed by atoms with Gasteiger partial charge in [0, 0.05) is 36.1 Å². The zero-order valence-corrected chi connectivity index (χ0v) is 19.8. The van der Waals surface area contributed by atoms with Gasteiger partial charge < -0.3 is 15.1 Å². The van der Waals surface area contributed by atoms with Crippen LogP contribution in [-0.2, 0) is 0 Å². The van der Waals surface area contributed by atoms with Gasteiger partial charge in [0.05, 0.1) is 23.3 Å². The largest absolute Gasteiger partial charge is 0.365 e. The van der Waals surface area contributed by atoms with Crippen LogP contribution in [0.4, 0.5) is 5.69 Å². The number of rotatable bonds is 4. The lowest BCUT2D eigenvalue weighted by Gasteiger charge is -2.41. The lowest BCUT2D eigenvalue weighted by atomic mass is 9.86. The van der Waals surface area contributed by atoms with Crippen molar-refractivity contribution in [3.63, 3.8) is 0 Å². The third-order valence-electron chi connectivity index (χ3n) is 6.32. The fourth-order valence-electron chi connectivity index (χ4n) is 4.64. The van der Waals surface area contributed by atoms with Crippen LogP contribution in [0.25, 0.3) is 5.57 Å². The molecule has 1 N–H and O–H groups in total. The van der Waals surface area contributed by atoms with Gasteiger partial charge in [-0.3, -0.25) is 4.98 Å². The van der Waals surface area contributed by atoms with Crippen molar-refractivity contribution in [2.75, 3.05) is 18.5 Å². The summed E-state index contributed by atoms with van der Waals surface area (Å²) >= 11 is 12.7. The average molecular weight is 441 g/mol. The van der Waals surface area contributed by atoms with Crippen molar-refractivity contribution in [1.29, 1.82) is 0 Å². The summed E-state index contributed by atoms with van der Waals surface area (Å²) in [5.74, 6) is 0. The van der Waals surface area contributed by atoms with Gasteiger partial charge in [0.2, 0.25) is 0 Å². The van der Waals surface area contributed by atoms with Gasteiger partial charge in [-0.15, -0.1) is 0 Å². The number of aromatic nitrogens is 1. The first-order valence-electron chi connectivity index (χ1n) is 10.5. The summed E-state index contributed by atoms with van der Waals surface area (Å²) in [7, 11) is 2.13. The maximum Gasteiger partial charge on any atom is 0.170 e. The van der Waals surface area contributed by atoms with E-state index in [9.17, 15) is 0 Å². The summed E-state index contributed by atoms with van der Waals surface area (Å²) in [6, 6.07) is 10.3. The van der Waals surface area contributed by atoms with Crippen LogP contribution in [0, 0.1) is 0 Å². The van der Waals surface area contributed by atoms with Gasteiger partial charge in [-0.1, -0.05) is 30.7 Å². The van der Waals surface area contributed by atoms with E-state index in [4.69, 9.17) is 23.8 Å². The molecule has 0 unspecified atom stereocenters. The summed E-state index contributed by atoms with van der Waals surface area (Å²) in [5, 5.41) is 5.03. The van der Waals surface area contributed by atoms with E-state index in [2.05, 4.69) is 79.1 Å². The maximum absolute atomic E-state index is 6.95. The number of hydrogen-bond donors (Lipinski definition) is 1. The second-order valence-corrected chi connectivity index (χ2v) is 9.54. The van der Waals surface area contributed by atoms with E-state index in [1.807, 2.05) is 18.3 Å². The standard InChI is InChI=1S/C24H29ClN4S/c1-6-11-29-22(21(27-23(29)30)19-9-7-8-10-26-19)17-12-16-15(2)14-24(3,4)28(5)20(16)13-18(17)25/h7-10,12-14,21-22H,6,11H2,1-5H3,(H,27,30)/t21-,22+/m0/s1. The molecule has 3 heterocycles. The Bertz CT molecular complexity index is 1000. The molecule has 30 heavy (non-hydrogen) atoms. The highest BCUT2D eigenvalue weighted by atomic mass is 35.5. The number of fused-ring (bicyclic) bond motifs is 1. The van der Waals surface area contributed by atoms with Crippen molar-refractivity contribution >= 4 is 40.2 Å². The monoisotopic (exact) mass is 440 g/mol. The Kier molecular flexibility index (Phi) is 5.54. The van der Waals surface area contributed by atoms with E-state index >= 15 is 0 Å². The molecule has 2 aliphatic rings. The van der Waals surface area contributed by atoms with Crippen molar-refractivity contribution in [3.8, 4) is 0 Å². The second kappa shape index (κ2) is 7.86. The smallest absolute Gasteiger partial charge is 0.170 e. The first-order valence-corrected chi connectivity index (χ1v) is 11.3. The van der Waals surface area contributed by atoms with E-state index < -0.39 is 0 Å². The fourth-order valence-corrected chi connectivity index (χ4v) is 5.24. The van der Waals surface area contributed by atoms with Gasteiger partial charge in [-0.25, -0.2) is 0 Å². The van der Waals surface area contributed by atoms with E-state index in [1.54, 1.807) is 0 Å². The summed E-state index contributed by atoms with van der Waals surface area (Å²) in [4.78, 5) is 9.17. The molecule has 2 aliphatic heterocycles. The van der Waals surface area contributed by atoms with Crippen LogP contribution in [0.15, 0.2) is 42.6 Å². The SMILES string of the molecule is CCCN1C(=S)N[C@@H](c2ccccn2)[C@H]1c1cc2c(cc1Cl)N(C)C(C)(C)C=C2C. The fraction of sp³-hybridized carbons (Fsp3) is 0.417. The lowest BCUT2D eigenvalue weighted by Crippen LogP contribution is -2.42. The normalized spacial score (nSPS) is 22.6. The molecule has 1 saturated heterocycles. The maximum atomic E-state index is 6.95. The highest BCUT2D eigenvalue weighted by Gasteiger charge is 2.41. The van der Waals surface area contributed by atoms with Crippen LogP contribution in [-0.4, -0.2) is 34.1 Å². The van der Waals surface area contributed by atoms with Crippen molar-refractivity contribution in [2.24, 2.45) is 0 Å². The number of benzene rings is 1. The Morgan fingerprint density at radius 2 is 2.03 bits per heavy atom. The van der Waals surface area contributed by atoms with Gasteiger partial charge in [0.1, 0.15) is 0 Å². The van der Waals surface area contributed by atoms with E-state index in [0.29, 0.717) is 0 Å². The Morgan fingerprint density at radius 1 is 1.27 bits per heavy atom. The molecule has 4 nitrogen and oxygen atoms in total. The highest BCUT2D eigenvalue weighted by molar-refractivity contribution is 7.80. The molecule has 1 aromatic carbocycles. The number of nitrogens with zero attached hydrogens (tertiary/aromatic N) is 3. The predicted octanol–water partition coefficient (Wildman–Crippen LogP) is 5.75. The molecule has 0 spiro atoms. The predicted molar refractivity (Wildman–Crippen MR) is 130 cm³/mol. The molecule has 1 fully saturated rings. The number of allylic oxidation sites excluding steroid dienone is 1. The first kappa shape index (κ1) is 21.1. The minimum Gasteiger partial charge on any atom is -0.365 e. The summed E-state index contributed by atoms with van der Waals surface area (Å²) < 4.78 is 0. The van der Waals surface area contributed by atoms with Crippen LogP contribution in [0.3, 0.4) is 0 Å². The number of hydrogen-bond acceptors (Lipinski definition) is 3. The molecule has 1 aromatic heterocycles. The van der Waals surface area contributed by atoms with Gasteiger partial charge in [-0.05, 0) is 74.8 Å². The number of nitrogens with one attached hydrogen (secondary N) is 1. The van der Waals surface area contributed by atoms with Crippen LogP contribution in [0.1, 0.15) is 63.0 Å². The Labute approximate surface area is 189 Å². The van der Waals surface area contributed by atoms with Gasteiger partial charge in [0.25, 0.3) is 0 Å². The average Bonchev–Trinajstić information content (AvgIpc) is 3.03. The molecule has 0 amide bonds. The quantitative estimate of drug-likeness (QED) is 0.612. The van der Waals surface area contributed by atoms with Gasteiger partial charge in [-0.2, -0.15) is 0 Å². The zero-order chi connectivity index (χ0) is 21.6. The number of anilines is 1. The summed E-state index contributed by atoms with van der Waals surface area (Å²) in [6.07, 6.45) is 5.16. The Morgan fingerprint density at radius 3 is 2.70 bits per heavy atom. The second-order valence-electron chi connectivity index (χ2n) is 8.75. The number of pyridine rings is 1. The molecular weight excluding hydrogens is 412 g/mol. The van der Waals surface area contributed by atoms with Crippen LogP contribution in [0.5, 0.6) is 0 Å². The molecular formula is C24H29ClN4S. The van der Waals surface area contributed by atoms with E-state index in [0.717, 1.165) is 34.4 Å². The van der Waals surface area contributed by atoms with Crippen molar-refractivity contribution in [2.45, 2.75) is 51.7 Å². The third-order valence-corrected chi connectivity index (χ3v) is 7.00. The third kappa shape index (κ3) is 3.48. The molecule has 158 valence electrons. The van der Waals surface area contributed by atoms with E-state index in [1.165, 1.54) is 16.8 Å². The van der Waals surface area contributed by atoms with Crippen molar-refractivity contribution in [3.05, 3.63) is 64.4 Å². The molecule has 6 heteroatoms. The van der Waals surface area contributed by atoms with Crippen molar-refractivity contribution in [1.82, 2.24) is 15.2 Å². The molecule has 4 rings (SSSR count). The zero-order valence-electron chi connectivity index (χ0n) is 18.2. The van der Waals surface area contributed by atoms with Crippen LogP contribution >= 0.6 is 23.8 Å². The summed E-state index contributed by atoms with van der Waals surface area (Å²) in [5.41, 5.74) is 5.68. The molecule has 0 saturated carbocycles. The first-order chi connectivity index (χ1) is 14.2. The van der Waals surface area contributed by atoms with Crippen molar-refractivity contribution < 1.29 is 0 Å². The molecule has 0 bridgehead atoms. The molecule has 0 aliphatic carbocycles. The van der Waals surface area contributed by atoms with Gasteiger partial charge in [0.15, 0.2) is 5.11 Å².